The van der Waals surface area contributed by atoms with Gasteiger partial charge in [0.25, 0.3) is 0 Å². The third-order valence-corrected chi connectivity index (χ3v) is 3.45. The van der Waals surface area contributed by atoms with Crippen molar-refractivity contribution in [1.82, 2.24) is 5.32 Å². The van der Waals surface area contributed by atoms with Crippen molar-refractivity contribution in [3.63, 3.8) is 0 Å². The van der Waals surface area contributed by atoms with Crippen LogP contribution in [-0.4, -0.2) is 6.54 Å². The average molecular weight is 243 g/mol. The Morgan fingerprint density at radius 1 is 1.22 bits per heavy atom. The van der Waals surface area contributed by atoms with Gasteiger partial charge in [-0.05, 0) is 50.1 Å². The van der Waals surface area contributed by atoms with Crippen LogP contribution in [0.2, 0.25) is 0 Å². The second kappa shape index (κ2) is 5.40. The molecule has 0 bridgehead atoms. The van der Waals surface area contributed by atoms with E-state index in [9.17, 15) is 0 Å². The summed E-state index contributed by atoms with van der Waals surface area (Å²) in [7, 11) is 0. The summed E-state index contributed by atoms with van der Waals surface area (Å²) in [6, 6.07) is 8.79. The molecule has 18 heavy (non-hydrogen) atoms. The molecule has 0 radical (unpaired) electrons. The Hall–Kier alpha value is -1.54. The summed E-state index contributed by atoms with van der Waals surface area (Å²) >= 11 is 0. The summed E-state index contributed by atoms with van der Waals surface area (Å²) in [6.07, 6.45) is 1.85. The van der Waals surface area contributed by atoms with Crippen LogP contribution < -0.4 is 5.32 Å². The van der Waals surface area contributed by atoms with Gasteiger partial charge in [0.15, 0.2) is 0 Å². The number of hydrogen-bond donors (Lipinski definition) is 1. The first-order chi connectivity index (χ1) is 8.63. The second-order valence-electron chi connectivity index (χ2n) is 4.77. The lowest BCUT2D eigenvalue weighted by Crippen LogP contribution is -2.22. The van der Waals surface area contributed by atoms with Crippen LogP contribution in [0.15, 0.2) is 34.9 Å². The maximum atomic E-state index is 5.44. The highest BCUT2D eigenvalue weighted by molar-refractivity contribution is 5.40. The van der Waals surface area contributed by atoms with E-state index < -0.39 is 0 Å². The lowest BCUT2D eigenvalue weighted by atomic mass is 9.94. The third-order valence-electron chi connectivity index (χ3n) is 3.45. The van der Waals surface area contributed by atoms with Crippen LogP contribution >= 0.6 is 0 Å². The minimum Gasteiger partial charge on any atom is -0.469 e. The summed E-state index contributed by atoms with van der Waals surface area (Å²) in [4.78, 5) is 0. The SMILES string of the molecule is CCNC(c1coc(C)c1)c1cccc(C)c1C. The van der Waals surface area contributed by atoms with Crippen molar-refractivity contribution in [2.75, 3.05) is 6.54 Å². The quantitative estimate of drug-likeness (QED) is 0.881. The standard InChI is InChI=1S/C16H21NO/c1-5-17-16(14-9-12(3)18-10-14)15-8-6-7-11(2)13(15)4/h6-10,16-17H,5H2,1-4H3. The predicted octanol–water partition coefficient (Wildman–Crippen LogP) is 3.90. The fourth-order valence-corrected chi connectivity index (χ4v) is 2.31. The second-order valence-corrected chi connectivity index (χ2v) is 4.77. The van der Waals surface area contributed by atoms with Gasteiger partial charge in [0, 0.05) is 5.56 Å². The molecule has 1 unspecified atom stereocenters. The first kappa shape index (κ1) is 12.9. The molecule has 2 rings (SSSR count). The summed E-state index contributed by atoms with van der Waals surface area (Å²) in [5.74, 6) is 0.957. The molecule has 1 N–H and O–H groups in total. The van der Waals surface area contributed by atoms with E-state index in [1.807, 2.05) is 13.2 Å². The molecule has 1 heterocycles. The first-order valence-corrected chi connectivity index (χ1v) is 6.48. The van der Waals surface area contributed by atoms with Gasteiger partial charge in [-0.2, -0.15) is 0 Å². The predicted molar refractivity (Wildman–Crippen MR) is 74.9 cm³/mol. The van der Waals surface area contributed by atoms with Crippen LogP contribution in [-0.2, 0) is 0 Å². The Kier molecular flexibility index (Phi) is 3.87. The average Bonchev–Trinajstić information content (AvgIpc) is 2.77. The van der Waals surface area contributed by atoms with Crippen LogP contribution in [0.4, 0.5) is 0 Å². The molecule has 2 nitrogen and oxygen atoms in total. The van der Waals surface area contributed by atoms with E-state index in [0.717, 1.165) is 12.3 Å². The van der Waals surface area contributed by atoms with Crippen LogP contribution in [0.3, 0.4) is 0 Å². The van der Waals surface area contributed by atoms with E-state index in [-0.39, 0.29) is 6.04 Å². The molecule has 1 aromatic heterocycles. The monoisotopic (exact) mass is 243 g/mol. The smallest absolute Gasteiger partial charge is 0.101 e. The third kappa shape index (κ3) is 2.49. The molecule has 0 amide bonds. The number of furan rings is 1. The Morgan fingerprint density at radius 3 is 2.61 bits per heavy atom. The van der Waals surface area contributed by atoms with E-state index in [2.05, 4.69) is 50.4 Å². The topological polar surface area (TPSA) is 25.2 Å². The van der Waals surface area contributed by atoms with Crippen molar-refractivity contribution in [1.29, 1.82) is 0 Å². The van der Waals surface area contributed by atoms with Gasteiger partial charge in [-0.1, -0.05) is 25.1 Å². The molecule has 96 valence electrons. The zero-order valence-electron chi connectivity index (χ0n) is 11.6. The zero-order chi connectivity index (χ0) is 13.1. The van der Waals surface area contributed by atoms with E-state index in [1.54, 1.807) is 0 Å². The summed E-state index contributed by atoms with van der Waals surface area (Å²) in [5.41, 5.74) is 5.21. The fourth-order valence-electron chi connectivity index (χ4n) is 2.31. The number of nitrogens with one attached hydrogen (secondary N) is 1. The number of benzene rings is 1. The molecular formula is C16H21NO. The molecule has 0 saturated carbocycles. The summed E-state index contributed by atoms with van der Waals surface area (Å²) < 4.78 is 5.44. The van der Waals surface area contributed by atoms with Gasteiger partial charge < -0.3 is 9.73 Å². The largest absolute Gasteiger partial charge is 0.469 e. The maximum Gasteiger partial charge on any atom is 0.101 e. The zero-order valence-corrected chi connectivity index (χ0v) is 11.6. The molecule has 2 aromatic rings. The number of hydrogen-bond acceptors (Lipinski definition) is 2. The molecule has 2 heteroatoms. The summed E-state index contributed by atoms with van der Waals surface area (Å²) in [6.45, 7) is 9.38. The van der Waals surface area contributed by atoms with Crippen molar-refractivity contribution >= 4 is 0 Å². The summed E-state index contributed by atoms with van der Waals surface area (Å²) in [5, 5.41) is 3.54. The van der Waals surface area contributed by atoms with Crippen molar-refractivity contribution in [3.05, 3.63) is 58.5 Å². The first-order valence-electron chi connectivity index (χ1n) is 6.48. The van der Waals surface area contributed by atoms with Crippen molar-refractivity contribution < 1.29 is 4.42 Å². The van der Waals surface area contributed by atoms with E-state index >= 15 is 0 Å². The molecule has 0 aliphatic carbocycles. The lowest BCUT2D eigenvalue weighted by molar-refractivity contribution is 0.525. The van der Waals surface area contributed by atoms with Crippen LogP contribution in [0.1, 0.15) is 41.0 Å². The van der Waals surface area contributed by atoms with E-state index in [0.29, 0.717) is 0 Å². The van der Waals surface area contributed by atoms with Gasteiger partial charge in [-0.15, -0.1) is 0 Å². The molecule has 0 fully saturated rings. The Bertz CT molecular complexity index is 528. The van der Waals surface area contributed by atoms with Gasteiger partial charge in [-0.25, -0.2) is 0 Å². The Balaban J connectivity index is 2.44. The molecule has 0 saturated heterocycles. The van der Waals surface area contributed by atoms with E-state index in [4.69, 9.17) is 4.42 Å². The van der Waals surface area contributed by atoms with Crippen molar-refractivity contribution in [3.8, 4) is 0 Å². The van der Waals surface area contributed by atoms with Crippen molar-refractivity contribution in [2.45, 2.75) is 33.7 Å². The number of rotatable bonds is 4. The normalized spacial score (nSPS) is 12.7. The van der Waals surface area contributed by atoms with Gasteiger partial charge in [0.05, 0.1) is 12.3 Å². The highest BCUT2D eigenvalue weighted by Crippen LogP contribution is 2.27. The minimum absolute atomic E-state index is 0.215. The van der Waals surface area contributed by atoms with Crippen molar-refractivity contribution in [2.24, 2.45) is 0 Å². The van der Waals surface area contributed by atoms with Gasteiger partial charge >= 0.3 is 0 Å². The van der Waals surface area contributed by atoms with Gasteiger partial charge in [0.1, 0.15) is 5.76 Å². The maximum absolute atomic E-state index is 5.44. The Labute approximate surface area is 109 Å². The lowest BCUT2D eigenvalue weighted by Gasteiger charge is -2.20. The molecular weight excluding hydrogens is 222 g/mol. The minimum atomic E-state index is 0.215. The van der Waals surface area contributed by atoms with Crippen LogP contribution in [0.5, 0.6) is 0 Å². The molecule has 0 spiro atoms. The number of aryl methyl sites for hydroxylation is 2. The highest BCUT2D eigenvalue weighted by atomic mass is 16.3. The van der Waals surface area contributed by atoms with Gasteiger partial charge in [-0.3, -0.25) is 0 Å². The van der Waals surface area contributed by atoms with Crippen LogP contribution in [0.25, 0.3) is 0 Å². The van der Waals surface area contributed by atoms with Crippen LogP contribution in [0, 0.1) is 20.8 Å². The highest BCUT2D eigenvalue weighted by Gasteiger charge is 2.17. The fraction of sp³-hybridized carbons (Fsp3) is 0.375. The molecule has 0 aliphatic heterocycles. The van der Waals surface area contributed by atoms with E-state index in [1.165, 1.54) is 22.3 Å². The van der Waals surface area contributed by atoms with Gasteiger partial charge in [0.2, 0.25) is 0 Å². The Morgan fingerprint density at radius 2 is 2.00 bits per heavy atom. The molecule has 1 aromatic carbocycles. The molecule has 1 atom stereocenters. The molecule has 0 aliphatic rings.